The number of nitrogens with one attached hydrogen (secondary N) is 1. The van der Waals surface area contributed by atoms with E-state index in [0.717, 1.165) is 12.8 Å². The number of hydrogen-bond donors (Lipinski definition) is 1. The normalized spacial score (nSPS) is 34.5. The average molecular weight is 463 g/mol. The van der Waals surface area contributed by atoms with E-state index >= 15 is 0 Å². The van der Waals surface area contributed by atoms with E-state index in [1.54, 1.807) is 23.6 Å². The number of nitrogens with zero attached hydrogens (tertiary/aromatic N) is 3. The molecule has 4 aliphatic rings. The van der Waals surface area contributed by atoms with Gasteiger partial charge in [0.1, 0.15) is 30.3 Å². The maximum atomic E-state index is 13.5. The van der Waals surface area contributed by atoms with Gasteiger partial charge >= 0.3 is 5.97 Å². The Hall–Kier alpha value is -2.65. The highest BCUT2D eigenvalue weighted by Gasteiger charge is 2.43. The molecule has 0 bridgehead atoms. The van der Waals surface area contributed by atoms with Crippen molar-refractivity contribution in [2.24, 2.45) is 0 Å². The first-order valence-electron chi connectivity index (χ1n) is 12.2. The second-order valence-electron chi connectivity index (χ2n) is 9.66. The summed E-state index contributed by atoms with van der Waals surface area (Å²) in [7, 11) is 0. The number of fused-ring (bicyclic) bond motifs is 3. The van der Waals surface area contributed by atoms with Crippen LogP contribution in [0.3, 0.4) is 0 Å². The standard InChI is InChI=1S/C23H34N4O6/c1-14-13-19(28)25-11-5-8-17(25)22(31)26-10-4-3-7-16(26)20(29)24-15(2)21(30)27-12-6-9-18(27)23(32)33-14/h14-18H,3-13H2,1-2H3,(H,24,29). The SMILES string of the molecule is CC1CC(=O)N2CCCC2C(=O)N2CCCCC2C(=O)NC(C)C(=O)N2CCCC2C(=O)O1. The zero-order valence-corrected chi connectivity index (χ0v) is 19.5. The molecule has 0 aromatic rings. The van der Waals surface area contributed by atoms with E-state index in [-0.39, 0.29) is 30.0 Å². The highest BCUT2D eigenvalue weighted by atomic mass is 16.5. The number of amides is 4. The second kappa shape index (κ2) is 9.69. The lowest BCUT2D eigenvalue weighted by atomic mass is 9.99. The van der Waals surface area contributed by atoms with Crippen LogP contribution >= 0.6 is 0 Å². The van der Waals surface area contributed by atoms with Crippen LogP contribution in [0.5, 0.6) is 0 Å². The molecule has 0 aromatic carbocycles. The van der Waals surface area contributed by atoms with Crippen molar-refractivity contribution in [2.45, 2.75) is 95.5 Å². The van der Waals surface area contributed by atoms with Crippen LogP contribution in [0.1, 0.15) is 65.2 Å². The quantitative estimate of drug-likeness (QED) is 0.514. The smallest absolute Gasteiger partial charge is 0.329 e. The minimum atomic E-state index is -0.820. The molecule has 0 aliphatic carbocycles. The van der Waals surface area contributed by atoms with Crippen LogP contribution in [0.25, 0.3) is 0 Å². The largest absolute Gasteiger partial charge is 0.461 e. The zero-order valence-electron chi connectivity index (χ0n) is 19.5. The van der Waals surface area contributed by atoms with Gasteiger partial charge in [0, 0.05) is 19.6 Å². The van der Waals surface area contributed by atoms with E-state index in [2.05, 4.69) is 5.32 Å². The molecule has 4 rings (SSSR count). The van der Waals surface area contributed by atoms with Gasteiger partial charge in [-0.25, -0.2) is 4.79 Å². The third-order valence-corrected chi connectivity index (χ3v) is 7.26. The van der Waals surface area contributed by atoms with Gasteiger partial charge in [-0.2, -0.15) is 0 Å². The Bertz CT molecular complexity index is 832. The molecule has 5 atom stereocenters. The summed E-state index contributed by atoms with van der Waals surface area (Å²) in [6.45, 7) is 4.62. The van der Waals surface area contributed by atoms with E-state index in [4.69, 9.17) is 4.74 Å². The average Bonchev–Trinajstić information content (AvgIpc) is 3.47. The van der Waals surface area contributed by atoms with Crippen LogP contribution in [0.2, 0.25) is 0 Å². The molecule has 0 aromatic heterocycles. The summed E-state index contributed by atoms with van der Waals surface area (Å²) < 4.78 is 5.54. The fourth-order valence-electron chi connectivity index (χ4n) is 5.56. The maximum Gasteiger partial charge on any atom is 0.329 e. The topological polar surface area (TPSA) is 116 Å². The molecule has 4 saturated heterocycles. The van der Waals surface area contributed by atoms with Crippen LogP contribution in [-0.4, -0.2) is 94.2 Å². The number of carbonyl (C=O) groups excluding carboxylic acids is 5. The third-order valence-electron chi connectivity index (χ3n) is 7.26. The Labute approximate surface area is 193 Å². The van der Waals surface area contributed by atoms with Crippen molar-refractivity contribution in [1.29, 1.82) is 0 Å². The predicted octanol–water partition coefficient (Wildman–Crippen LogP) is 0.190. The van der Waals surface area contributed by atoms with E-state index in [1.807, 2.05) is 0 Å². The molecule has 182 valence electrons. The zero-order chi connectivity index (χ0) is 23.7. The lowest BCUT2D eigenvalue weighted by Crippen LogP contribution is -2.59. The van der Waals surface area contributed by atoms with Gasteiger partial charge in [0.05, 0.1) is 6.42 Å². The van der Waals surface area contributed by atoms with Gasteiger partial charge in [0.2, 0.25) is 23.6 Å². The summed E-state index contributed by atoms with van der Waals surface area (Å²) in [5, 5.41) is 2.78. The summed E-state index contributed by atoms with van der Waals surface area (Å²) in [4.78, 5) is 70.2. The van der Waals surface area contributed by atoms with Crippen LogP contribution in [0, 0.1) is 0 Å². The first-order valence-corrected chi connectivity index (χ1v) is 12.2. The minimum absolute atomic E-state index is 0.0174. The Balaban J connectivity index is 1.63. The molecule has 4 fully saturated rings. The molecule has 4 amide bonds. The van der Waals surface area contributed by atoms with E-state index in [0.29, 0.717) is 51.7 Å². The predicted molar refractivity (Wildman–Crippen MR) is 117 cm³/mol. The Morgan fingerprint density at radius 1 is 0.727 bits per heavy atom. The Kier molecular flexibility index (Phi) is 6.90. The summed E-state index contributed by atoms with van der Waals surface area (Å²) in [6, 6.07) is -2.80. The monoisotopic (exact) mass is 462 g/mol. The Morgan fingerprint density at radius 2 is 1.33 bits per heavy atom. The van der Waals surface area contributed by atoms with Crippen molar-refractivity contribution in [2.75, 3.05) is 19.6 Å². The number of esters is 1. The Morgan fingerprint density at radius 3 is 2.09 bits per heavy atom. The molecule has 5 unspecified atom stereocenters. The molecule has 10 heteroatoms. The summed E-state index contributed by atoms with van der Waals surface area (Å²) in [5.74, 6) is -1.67. The molecule has 33 heavy (non-hydrogen) atoms. The molecule has 4 heterocycles. The second-order valence-corrected chi connectivity index (χ2v) is 9.66. The molecule has 10 nitrogen and oxygen atoms in total. The van der Waals surface area contributed by atoms with E-state index in [9.17, 15) is 24.0 Å². The number of cyclic esters (lactones) is 1. The number of ether oxygens (including phenoxy) is 1. The summed E-state index contributed by atoms with van der Waals surface area (Å²) >= 11 is 0. The molecule has 0 radical (unpaired) electrons. The van der Waals surface area contributed by atoms with Crippen molar-refractivity contribution in [3.8, 4) is 0 Å². The van der Waals surface area contributed by atoms with E-state index < -0.39 is 36.2 Å². The van der Waals surface area contributed by atoms with Crippen LogP contribution in [-0.2, 0) is 28.7 Å². The van der Waals surface area contributed by atoms with Crippen LogP contribution < -0.4 is 5.32 Å². The molecule has 0 saturated carbocycles. The van der Waals surface area contributed by atoms with Crippen molar-refractivity contribution in [1.82, 2.24) is 20.0 Å². The van der Waals surface area contributed by atoms with Gasteiger partial charge in [-0.3, -0.25) is 19.2 Å². The molecule has 0 spiro atoms. The number of rotatable bonds is 0. The van der Waals surface area contributed by atoms with E-state index in [1.165, 1.54) is 4.90 Å². The minimum Gasteiger partial charge on any atom is -0.461 e. The van der Waals surface area contributed by atoms with Crippen LogP contribution in [0.15, 0.2) is 0 Å². The van der Waals surface area contributed by atoms with Gasteiger partial charge in [-0.15, -0.1) is 0 Å². The maximum absolute atomic E-state index is 13.5. The number of hydrogen-bond acceptors (Lipinski definition) is 6. The van der Waals surface area contributed by atoms with Gasteiger partial charge in [0.15, 0.2) is 0 Å². The lowest BCUT2D eigenvalue weighted by molar-refractivity contribution is -0.160. The first kappa shape index (κ1) is 23.5. The molecule has 4 aliphatic heterocycles. The van der Waals surface area contributed by atoms with Crippen molar-refractivity contribution >= 4 is 29.6 Å². The summed E-state index contributed by atoms with van der Waals surface area (Å²) in [5.41, 5.74) is 0. The highest BCUT2D eigenvalue weighted by molar-refractivity contribution is 5.95. The molecular formula is C23H34N4O6. The van der Waals surface area contributed by atoms with Gasteiger partial charge in [-0.05, 0) is 58.8 Å². The first-order chi connectivity index (χ1) is 15.8. The fourth-order valence-corrected chi connectivity index (χ4v) is 5.56. The number of piperidine rings is 1. The van der Waals surface area contributed by atoms with Crippen LogP contribution in [0.4, 0.5) is 0 Å². The summed E-state index contributed by atoms with van der Waals surface area (Å²) in [6.07, 6.45) is 3.88. The molecule has 1 N–H and O–H groups in total. The third kappa shape index (κ3) is 4.70. The van der Waals surface area contributed by atoms with Crippen molar-refractivity contribution in [3.63, 3.8) is 0 Å². The van der Waals surface area contributed by atoms with Gasteiger partial charge in [0.25, 0.3) is 0 Å². The van der Waals surface area contributed by atoms with Crippen molar-refractivity contribution in [3.05, 3.63) is 0 Å². The molecular weight excluding hydrogens is 428 g/mol. The van der Waals surface area contributed by atoms with Gasteiger partial charge < -0.3 is 24.8 Å². The van der Waals surface area contributed by atoms with Gasteiger partial charge in [-0.1, -0.05) is 0 Å². The number of carbonyl (C=O) groups is 5. The van der Waals surface area contributed by atoms with Crippen molar-refractivity contribution < 1.29 is 28.7 Å². The fraction of sp³-hybridized carbons (Fsp3) is 0.783. The highest BCUT2D eigenvalue weighted by Crippen LogP contribution is 2.27. The lowest BCUT2D eigenvalue weighted by Gasteiger charge is -2.38.